The number of carbonyl (C=O) groups is 1. The molecule has 0 N–H and O–H groups in total. The molecule has 1 fully saturated rings. The van der Waals surface area contributed by atoms with Gasteiger partial charge in [-0.2, -0.15) is 5.10 Å². The zero-order valence-electron chi connectivity index (χ0n) is 13.3. The van der Waals surface area contributed by atoms with Crippen LogP contribution in [0.1, 0.15) is 23.3 Å². The summed E-state index contributed by atoms with van der Waals surface area (Å²) in [6.45, 7) is 1.53. The summed E-state index contributed by atoms with van der Waals surface area (Å²) in [5.41, 5.74) is 1.75. The highest BCUT2D eigenvalue weighted by atomic mass is 35.5. The molecular formula is C18H15Cl2N3O2. The molecule has 2 aromatic heterocycles. The fourth-order valence-electron chi connectivity index (χ4n) is 2.97. The minimum absolute atomic E-state index is 0.0473. The second kappa shape index (κ2) is 6.58. The van der Waals surface area contributed by atoms with Crippen LogP contribution in [0.2, 0.25) is 10.0 Å². The van der Waals surface area contributed by atoms with Gasteiger partial charge >= 0.3 is 0 Å². The van der Waals surface area contributed by atoms with Gasteiger partial charge in [-0.25, -0.2) is 4.68 Å². The summed E-state index contributed by atoms with van der Waals surface area (Å²) in [5, 5.41) is 5.43. The molecule has 1 aliphatic rings. The van der Waals surface area contributed by atoms with Crippen LogP contribution in [-0.2, 0) is 0 Å². The average molecular weight is 376 g/mol. The van der Waals surface area contributed by atoms with Crippen LogP contribution in [0.4, 0.5) is 0 Å². The molecule has 0 radical (unpaired) electrons. The lowest BCUT2D eigenvalue weighted by molar-refractivity contribution is 0.0784. The first-order valence-electron chi connectivity index (χ1n) is 8.02. The monoisotopic (exact) mass is 375 g/mol. The minimum Gasteiger partial charge on any atom is -0.463 e. The number of rotatable bonds is 3. The number of carbonyl (C=O) groups excluding carboxylic acids is 1. The lowest BCUT2D eigenvalue weighted by Crippen LogP contribution is -2.29. The number of furan rings is 1. The number of aromatic nitrogens is 2. The average Bonchev–Trinajstić information content (AvgIpc) is 3.37. The highest BCUT2D eigenvalue weighted by Gasteiger charge is 2.25. The van der Waals surface area contributed by atoms with Gasteiger partial charge in [0.15, 0.2) is 5.76 Å². The van der Waals surface area contributed by atoms with E-state index in [0.29, 0.717) is 32.9 Å². The molecule has 7 heteroatoms. The zero-order chi connectivity index (χ0) is 17.4. The number of nitrogens with zero attached hydrogens (tertiary/aromatic N) is 3. The number of amides is 1. The molecule has 0 atom stereocenters. The van der Waals surface area contributed by atoms with Crippen LogP contribution < -0.4 is 0 Å². The first-order chi connectivity index (χ1) is 12.1. The molecule has 3 heterocycles. The van der Waals surface area contributed by atoms with Crippen LogP contribution in [0.15, 0.2) is 47.1 Å². The van der Waals surface area contributed by atoms with Crippen LogP contribution in [-0.4, -0.2) is 33.7 Å². The van der Waals surface area contributed by atoms with Crippen LogP contribution in [0, 0.1) is 0 Å². The molecule has 5 nitrogen and oxygen atoms in total. The maximum Gasteiger partial charge on any atom is 0.272 e. The van der Waals surface area contributed by atoms with Crippen LogP contribution in [0.3, 0.4) is 0 Å². The summed E-state index contributed by atoms with van der Waals surface area (Å²) < 4.78 is 7.02. The summed E-state index contributed by atoms with van der Waals surface area (Å²) in [5.74, 6) is 0.558. The molecule has 0 saturated carbocycles. The molecular weight excluding hydrogens is 361 g/mol. The van der Waals surface area contributed by atoms with Crippen molar-refractivity contribution in [2.24, 2.45) is 0 Å². The molecule has 128 valence electrons. The molecule has 1 saturated heterocycles. The van der Waals surface area contributed by atoms with E-state index < -0.39 is 0 Å². The summed E-state index contributed by atoms with van der Waals surface area (Å²) >= 11 is 12.2. The number of hydrogen-bond acceptors (Lipinski definition) is 3. The van der Waals surface area contributed by atoms with Crippen LogP contribution in [0.25, 0.3) is 17.1 Å². The molecule has 3 aromatic rings. The van der Waals surface area contributed by atoms with Crippen molar-refractivity contribution in [3.63, 3.8) is 0 Å². The van der Waals surface area contributed by atoms with Gasteiger partial charge in [-0.3, -0.25) is 4.79 Å². The highest BCUT2D eigenvalue weighted by molar-refractivity contribution is 6.42. The van der Waals surface area contributed by atoms with Gasteiger partial charge in [0.2, 0.25) is 0 Å². The summed E-state index contributed by atoms with van der Waals surface area (Å²) in [6, 6.07) is 10.5. The van der Waals surface area contributed by atoms with Crippen molar-refractivity contribution in [1.29, 1.82) is 0 Å². The van der Waals surface area contributed by atoms with E-state index in [0.717, 1.165) is 25.9 Å². The van der Waals surface area contributed by atoms with Gasteiger partial charge in [0, 0.05) is 19.2 Å². The van der Waals surface area contributed by atoms with Crippen molar-refractivity contribution >= 4 is 29.1 Å². The summed E-state index contributed by atoms with van der Waals surface area (Å²) in [7, 11) is 0. The quantitative estimate of drug-likeness (QED) is 0.667. The normalized spacial score (nSPS) is 14.2. The molecule has 25 heavy (non-hydrogen) atoms. The van der Waals surface area contributed by atoms with E-state index in [4.69, 9.17) is 27.6 Å². The van der Waals surface area contributed by atoms with E-state index in [-0.39, 0.29) is 5.91 Å². The third kappa shape index (κ3) is 3.05. The molecule has 0 unspecified atom stereocenters. The fraction of sp³-hybridized carbons (Fsp3) is 0.222. The Morgan fingerprint density at radius 3 is 2.56 bits per heavy atom. The number of halogens is 2. The SMILES string of the molecule is O=C(c1cc(-c2ccco2)nn1-c1ccc(Cl)c(Cl)c1)N1CCCC1. The van der Waals surface area contributed by atoms with Gasteiger partial charge in [-0.1, -0.05) is 23.2 Å². The van der Waals surface area contributed by atoms with Crippen molar-refractivity contribution in [2.75, 3.05) is 13.1 Å². The van der Waals surface area contributed by atoms with E-state index in [1.54, 1.807) is 41.3 Å². The second-order valence-electron chi connectivity index (χ2n) is 5.90. The highest BCUT2D eigenvalue weighted by Crippen LogP contribution is 2.28. The van der Waals surface area contributed by atoms with Crippen molar-refractivity contribution in [1.82, 2.24) is 14.7 Å². The Morgan fingerprint density at radius 1 is 1.08 bits per heavy atom. The fourth-order valence-corrected chi connectivity index (χ4v) is 3.27. The summed E-state index contributed by atoms with van der Waals surface area (Å²) in [6.07, 6.45) is 3.63. The van der Waals surface area contributed by atoms with Crippen molar-refractivity contribution in [2.45, 2.75) is 12.8 Å². The van der Waals surface area contributed by atoms with E-state index in [1.165, 1.54) is 0 Å². The molecule has 1 amide bonds. The third-order valence-electron chi connectivity index (χ3n) is 4.24. The Labute approximate surface area is 154 Å². The molecule has 4 rings (SSSR count). The van der Waals surface area contributed by atoms with Gasteiger partial charge in [0.05, 0.1) is 22.0 Å². The summed E-state index contributed by atoms with van der Waals surface area (Å²) in [4.78, 5) is 14.8. The topological polar surface area (TPSA) is 51.3 Å². The van der Waals surface area contributed by atoms with E-state index in [9.17, 15) is 4.79 Å². The first-order valence-corrected chi connectivity index (χ1v) is 8.78. The lowest BCUT2D eigenvalue weighted by Gasteiger charge is -2.16. The smallest absolute Gasteiger partial charge is 0.272 e. The number of likely N-dealkylation sites (tertiary alicyclic amines) is 1. The maximum absolute atomic E-state index is 13.0. The molecule has 1 aromatic carbocycles. The van der Waals surface area contributed by atoms with Gasteiger partial charge in [-0.15, -0.1) is 0 Å². The maximum atomic E-state index is 13.0. The number of benzene rings is 1. The van der Waals surface area contributed by atoms with Crippen molar-refractivity contribution in [3.8, 4) is 17.1 Å². The largest absolute Gasteiger partial charge is 0.463 e. The Kier molecular flexibility index (Phi) is 4.27. The minimum atomic E-state index is -0.0473. The van der Waals surface area contributed by atoms with Gasteiger partial charge < -0.3 is 9.32 Å². The second-order valence-corrected chi connectivity index (χ2v) is 6.72. The standard InChI is InChI=1S/C18H15Cl2N3O2/c19-13-6-5-12(10-14(13)20)23-16(18(24)22-7-1-2-8-22)11-15(21-23)17-4-3-9-25-17/h3-6,9-11H,1-2,7-8H2. The van der Waals surface area contributed by atoms with E-state index in [1.807, 2.05) is 11.0 Å². The van der Waals surface area contributed by atoms with Gasteiger partial charge in [0.25, 0.3) is 5.91 Å². The van der Waals surface area contributed by atoms with Crippen molar-refractivity contribution < 1.29 is 9.21 Å². The molecule has 0 spiro atoms. The van der Waals surface area contributed by atoms with E-state index in [2.05, 4.69) is 5.10 Å². The van der Waals surface area contributed by atoms with Crippen molar-refractivity contribution in [3.05, 3.63) is 58.4 Å². The van der Waals surface area contributed by atoms with Gasteiger partial charge in [-0.05, 0) is 43.2 Å². The van der Waals surface area contributed by atoms with Crippen LogP contribution in [0.5, 0.6) is 0 Å². The molecule has 0 bridgehead atoms. The van der Waals surface area contributed by atoms with E-state index >= 15 is 0 Å². The molecule has 0 aliphatic carbocycles. The molecule has 1 aliphatic heterocycles. The predicted molar refractivity (Wildman–Crippen MR) is 96.4 cm³/mol. The third-order valence-corrected chi connectivity index (χ3v) is 4.98. The Hall–Kier alpha value is -2.24. The predicted octanol–water partition coefficient (Wildman–Crippen LogP) is 4.68. The zero-order valence-corrected chi connectivity index (χ0v) is 14.8. The Balaban J connectivity index is 1.82. The van der Waals surface area contributed by atoms with Crippen LogP contribution >= 0.6 is 23.2 Å². The Morgan fingerprint density at radius 2 is 1.88 bits per heavy atom. The lowest BCUT2D eigenvalue weighted by atomic mass is 10.2. The Bertz CT molecular complexity index is 913. The van der Waals surface area contributed by atoms with Gasteiger partial charge in [0.1, 0.15) is 11.4 Å². The number of hydrogen-bond donors (Lipinski definition) is 0. The first kappa shape index (κ1) is 16.2.